The van der Waals surface area contributed by atoms with Crippen LogP contribution in [0.5, 0.6) is 0 Å². The third kappa shape index (κ3) is 13.6. The summed E-state index contributed by atoms with van der Waals surface area (Å²) >= 11 is 0. The van der Waals surface area contributed by atoms with E-state index in [2.05, 4.69) is 46.4 Å². The van der Waals surface area contributed by atoms with Gasteiger partial charge >= 0.3 is 0 Å². The fourth-order valence-electron chi connectivity index (χ4n) is 3.09. The van der Waals surface area contributed by atoms with Gasteiger partial charge in [0.15, 0.2) is 0 Å². The first-order chi connectivity index (χ1) is 11.1. The zero-order valence-corrected chi connectivity index (χ0v) is 17.3. The molecule has 1 amide bonds. The molecule has 26 heavy (non-hydrogen) atoms. The van der Waals surface area contributed by atoms with Gasteiger partial charge in [0.1, 0.15) is 0 Å². The number of nitrogens with zero attached hydrogens (tertiary/aromatic N) is 2. The van der Waals surface area contributed by atoms with Gasteiger partial charge in [-0.2, -0.15) is 0 Å². The summed E-state index contributed by atoms with van der Waals surface area (Å²) in [5.41, 5.74) is 0.861. The van der Waals surface area contributed by atoms with Gasteiger partial charge in [-0.25, -0.2) is 0 Å². The van der Waals surface area contributed by atoms with Crippen LogP contribution in [0.25, 0.3) is 0 Å². The molecule has 3 nitrogen and oxygen atoms in total. The molecule has 0 atom stereocenters. The highest BCUT2D eigenvalue weighted by molar-refractivity contribution is 5.77. The van der Waals surface area contributed by atoms with Gasteiger partial charge in [0, 0.05) is 19.5 Å². The average molecular weight is 371 g/mol. The molecule has 158 valence electrons. The Bertz CT molecular complexity index is 359. The molecule has 2 rings (SSSR count). The Balaban J connectivity index is 0. The second kappa shape index (κ2) is 12.8. The maximum atomic E-state index is 11.2. The van der Waals surface area contributed by atoms with Crippen molar-refractivity contribution in [2.75, 3.05) is 32.7 Å². The first-order valence-corrected chi connectivity index (χ1v) is 10.1. The van der Waals surface area contributed by atoms with Crippen molar-refractivity contribution in [1.29, 1.82) is 0 Å². The number of rotatable bonds is 4. The van der Waals surface area contributed by atoms with E-state index >= 15 is 0 Å². The lowest BCUT2D eigenvalue weighted by atomic mass is 9.92. The van der Waals surface area contributed by atoms with Crippen molar-refractivity contribution in [1.82, 2.24) is 9.80 Å². The zero-order chi connectivity index (χ0) is 18.2. The van der Waals surface area contributed by atoms with Crippen LogP contribution < -0.4 is 0 Å². The molecule has 0 radical (unpaired) electrons. The SMILES string of the molecule is C.C.CC(C)(C)CCN1CCCC1=O.CC(C)(C)CCN1CCCCC1. The Kier molecular flexibility index (Phi) is 13.6. The maximum absolute atomic E-state index is 11.2. The molecule has 0 saturated carbocycles. The molecule has 2 aliphatic heterocycles. The average Bonchev–Trinajstić information content (AvgIpc) is 2.89. The smallest absolute Gasteiger partial charge is 0.222 e. The Morgan fingerprint density at radius 1 is 0.731 bits per heavy atom. The standard InChI is InChI=1S/C11H23N.C10H19NO.2CH4/c1-11(2,3)7-10-12-8-5-4-6-9-12;1-10(2,3)6-8-11-7-4-5-9(11)12;;/h4-10H2,1-3H3;4-8H2,1-3H3;2*1H4. The van der Waals surface area contributed by atoms with Crippen molar-refractivity contribution in [2.45, 2.75) is 101 Å². The van der Waals surface area contributed by atoms with Crippen LogP contribution in [-0.2, 0) is 4.79 Å². The van der Waals surface area contributed by atoms with Crippen LogP contribution in [0.4, 0.5) is 0 Å². The monoisotopic (exact) mass is 370 g/mol. The molecule has 2 aliphatic rings. The summed E-state index contributed by atoms with van der Waals surface area (Å²) in [5, 5.41) is 0. The van der Waals surface area contributed by atoms with Crippen LogP contribution in [-0.4, -0.2) is 48.4 Å². The largest absolute Gasteiger partial charge is 0.343 e. The molecule has 0 aromatic heterocycles. The van der Waals surface area contributed by atoms with E-state index < -0.39 is 0 Å². The first-order valence-electron chi connectivity index (χ1n) is 10.1. The number of hydrogen-bond acceptors (Lipinski definition) is 2. The summed E-state index contributed by atoms with van der Waals surface area (Å²) < 4.78 is 0. The summed E-state index contributed by atoms with van der Waals surface area (Å²) in [4.78, 5) is 15.8. The maximum Gasteiger partial charge on any atom is 0.222 e. The third-order valence-electron chi connectivity index (χ3n) is 4.93. The lowest BCUT2D eigenvalue weighted by Crippen LogP contribution is -2.32. The quantitative estimate of drug-likeness (QED) is 0.586. The van der Waals surface area contributed by atoms with Crippen LogP contribution in [0.3, 0.4) is 0 Å². The fourth-order valence-corrected chi connectivity index (χ4v) is 3.09. The minimum Gasteiger partial charge on any atom is -0.343 e. The van der Waals surface area contributed by atoms with Crippen molar-refractivity contribution in [2.24, 2.45) is 10.8 Å². The van der Waals surface area contributed by atoms with E-state index in [0.717, 1.165) is 32.4 Å². The molecular formula is C23H50N2O. The summed E-state index contributed by atoms with van der Waals surface area (Å²) in [6.45, 7) is 19.6. The second-order valence-corrected chi connectivity index (χ2v) is 10.0. The van der Waals surface area contributed by atoms with Gasteiger partial charge in [-0.1, -0.05) is 62.8 Å². The van der Waals surface area contributed by atoms with Gasteiger partial charge in [0.05, 0.1) is 0 Å². The van der Waals surface area contributed by atoms with E-state index in [4.69, 9.17) is 0 Å². The highest BCUT2D eigenvalue weighted by atomic mass is 16.2. The first kappa shape index (κ1) is 27.6. The van der Waals surface area contributed by atoms with E-state index in [0.29, 0.717) is 16.7 Å². The Morgan fingerprint density at radius 2 is 1.23 bits per heavy atom. The molecular weight excluding hydrogens is 320 g/mol. The lowest BCUT2D eigenvalue weighted by Gasteiger charge is -2.29. The second-order valence-electron chi connectivity index (χ2n) is 10.0. The van der Waals surface area contributed by atoms with Gasteiger partial charge in [0.25, 0.3) is 0 Å². The molecule has 0 bridgehead atoms. The minimum absolute atomic E-state index is 0. The summed E-state index contributed by atoms with van der Waals surface area (Å²) in [7, 11) is 0. The van der Waals surface area contributed by atoms with Crippen LogP contribution >= 0.6 is 0 Å². The van der Waals surface area contributed by atoms with Crippen molar-refractivity contribution >= 4 is 5.91 Å². The van der Waals surface area contributed by atoms with Crippen molar-refractivity contribution in [3.63, 3.8) is 0 Å². The third-order valence-corrected chi connectivity index (χ3v) is 4.93. The molecule has 3 heteroatoms. The van der Waals surface area contributed by atoms with Crippen molar-refractivity contribution in [3.05, 3.63) is 0 Å². The molecule has 0 N–H and O–H groups in total. The number of amides is 1. The number of piperidine rings is 1. The molecule has 2 saturated heterocycles. The Labute approximate surface area is 165 Å². The predicted octanol–water partition coefficient (Wildman–Crippen LogP) is 6.23. The number of likely N-dealkylation sites (tertiary alicyclic amines) is 2. The van der Waals surface area contributed by atoms with Gasteiger partial charge in [-0.05, 0) is 62.6 Å². The van der Waals surface area contributed by atoms with Crippen molar-refractivity contribution < 1.29 is 4.79 Å². The van der Waals surface area contributed by atoms with Gasteiger partial charge in [0.2, 0.25) is 5.91 Å². The molecule has 0 aliphatic carbocycles. The minimum atomic E-state index is 0. The van der Waals surface area contributed by atoms with Crippen LogP contribution in [0, 0.1) is 10.8 Å². The Morgan fingerprint density at radius 3 is 1.65 bits per heavy atom. The topological polar surface area (TPSA) is 23.6 Å². The predicted molar refractivity (Wildman–Crippen MR) is 118 cm³/mol. The fraction of sp³-hybridized carbons (Fsp3) is 0.957. The normalized spacial score (nSPS) is 18.5. The van der Waals surface area contributed by atoms with Crippen LogP contribution in [0.1, 0.15) is 101 Å². The Hall–Kier alpha value is -0.570. The molecule has 2 fully saturated rings. The molecule has 0 unspecified atom stereocenters. The number of carbonyl (C=O) groups excluding carboxylic acids is 1. The molecule has 2 heterocycles. The molecule has 0 spiro atoms. The van der Waals surface area contributed by atoms with E-state index in [-0.39, 0.29) is 14.9 Å². The highest BCUT2D eigenvalue weighted by Crippen LogP contribution is 2.21. The van der Waals surface area contributed by atoms with E-state index in [1.54, 1.807) is 0 Å². The van der Waals surface area contributed by atoms with Crippen molar-refractivity contribution in [3.8, 4) is 0 Å². The highest BCUT2D eigenvalue weighted by Gasteiger charge is 2.21. The molecule has 0 aromatic rings. The summed E-state index contributed by atoms with van der Waals surface area (Å²) in [6.07, 6.45) is 8.57. The van der Waals surface area contributed by atoms with E-state index in [1.165, 1.54) is 45.3 Å². The van der Waals surface area contributed by atoms with Gasteiger partial charge in [-0.15, -0.1) is 0 Å². The molecule has 0 aromatic carbocycles. The lowest BCUT2D eigenvalue weighted by molar-refractivity contribution is -0.127. The van der Waals surface area contributed by atoms with E-state index in [1.807, 2.05) is 4.90 Å². The van der Waals surface area contributed by atoms with Crippen LogP contribution in [0.15, 0.2) is 0 Å². The summed E-state index contributed by atoms with van der Waals surface area (Å²) in [6, 6.07) is 0. The van der Waals surface area contributed by atoms with Gasteiger partial charge < -0.3 is 9.80 Å². The zero-order valence-electron chi connectivity index (χ0n) is 17.3. The number of carbonyl (C=O) groups is 1. The van der Waals surface area contributed by atoms with Gasteiger partial charge in [-0.3, -0.25) is 4.79 Å². The van der Waals surface area contributed by atoms with E-state index in [9.17, 15) is 4.79 Å². The summed E-state index contributed by atoms with van der Waals surface area (Å²) in [5.74, 6) is 0.347. The number of hydrogen-bond donors (Lipinski definition) is 0. The van der Waals surface area contributed by atoms with Crippen LogP contribution in [0.2, 0.25) is 0 Å².